The monoisotopic (exact) mass is 530 g/mol. The lowest BCUT2D eigenvalue weighted by molar-refractivity contribution is -0.167. The average molecular weight is 531 g/mol. The standard InChI is InChI=1S/C24H29F3N2O6S/c1-13(10-15(21(30)31)6-7-29-8-9-36-12-29)4-5-16-19(28-23(33)24(25,26)27)18-17(11-35-22(18)32)14(2)20(16)34-3/h4,15H,5-12H2,1-3H3,(H,28,33)(H,30,31)/b13-4+. The van der Waals surface area contributed by atoms with Crippen LogP contribution in [0.5, 0.6) is 5.75 Å². The van der Waals surface area contributed by atoms with Gasteiger partial charge in [-0.1, -0.05) is 11.6 Å². The molecule has 0 spiro atoms. The first-order chi connectivity index (χ1) is 16.9. The molecule has 0 aromatic heterocycles. The van der Waals surface area contributed by atoms with Crippen molar-refractivity contribution < 1.29 is 42.1 Å². The van der Waals surface area contributed by atoms with Gasteiger partial charge in [-0.3, -0.25) is 14.5 Å². The van der Waals surface area contributed by atoms with Gasteiger partial charge in [0.1, 0.15) is 12.4 Å². The fourth-order valence-corrected chi connectivity index (χ4v) is 5.44. The molecule has 1 amide bonds. The second-order valence-electron chi connectivity index (χ2n) is 8.83. The lowest BCUT2D eigenvalue weighted by Gasteiger charge is -2.20. The molecular formula is C24H29F3N2O6S. The van der Waals surface area contributed by atoms with Crippen LogP contribution in [0.1, 0.15) is 46.8 Å². The Labute approximate surface area is 211 Å². The van der Waals surface area contributed by atoms with Gasteiger partial charge >= 0.3 is 24.0 Å². The fraction of sp³-hybridized carbons (Fsp3) is 0.542. The van der Waals surface area contributed by atoms with Crippen LogP contribution in [-0.2, 0) is 27.4 Å². The summed E-state index contributed by atoms with van der Waals surface area (Å²) >= 11 is 1.80. The largest absolute Gasteiger partial charge is 0.496 e. The molecule has 8 nitrogen and oxygen atoms in total. The molecule has 0 saturated carbocycles. The fourth-order valence-electron chi connectivity index (χ4n) is 4.40. The summed E-state index contributed by atoms with van der Waals surface area (Å²) in [5, 5.41) is 11.5. The number of ether oxygens (including phenoxy) is 2. The highest BCUT2D eigenvalue weighted by molar-refractivity contribution is 7.99. The van der Waals surface area contributed by atoms with Crippen LogP contribution in [-0.4, -0.2) is 65.9 Å². The lowest BCUT2D eigenvalue weighted by atomic mass is 9.92. The van der Waals surface area contributed by atoms with Gasteiger partial charge in [-0.05, 0) is 45.2 Å². The number of carbonyl (C=O) groups is 3. The number of cyclic esters (lactones) is 1. The number of amides is 1. The SMILES string of the molecule is COc1c(C)c2c(c(NC(=O)C(F)(F)F)c1C/C=C(\C)CC(CCN1CCSC1)C(=O)O)C(=O)OC2. The van der Waals surface area contributed by atoms with Crippen molar-refractivity contribution in [1.29, 1.82) is 0 Å². The number of allylic oxidation sites excluding steroid dienone is 2. The Balaban J connectivity index is 1.90. The Bertz CT molecular complexity index is 1070. The molecule has 0 radical (unpaired) electrons. The van der Waals surface area contributed by atoms with Crippen LogP contribution in [0.15, 0.2) is 11.6 Å². The number of alkyl halides is 3. The number of methoxy groups -OCH3 is 1. The molecule has 1 aromatic rings. The number of thioether (sulfide) groups is 1. The Morgan fingerprint density at radius 1 is 1.36 bits per heavy atom. The van der Waals surface area contributed by atoms with Crippen LogP contribution in [0.4, 0.5) is 18.9 Å². The molecule has 0 aliphatic carbocycles. The second kappa shape index (κ2) is 11.5. The quantitative estimate of drug-likeness (QED) is 0.343. The van der Waals surface area contributed by atoms with Gasteiger partial charge in [-0.2, -0.15) is 13.2 Å². The number of aliphatic carboxylic acids is 1. The lowest BCUT2D eigenvalue weighted by Crippen LogP contribution is -2.31. The highest BCUT2D eigenvalue weighted by Crippen LogP contribution is 2.42. The van der Waals surface area contributed by atoms with Gasteiger partial charge in [0, 0.05) is 29.3 Å². The smallest absolute Gasteiger partial charge is 0.471 e. The van der Waals surface area contributed by atoms with E-state index in [1.165, 1.54) is 7.11 Å². The van der Waals surface area contributed by atoms with E-state index >= 15 is 0 Å². The van der Waals surface area contributed by atoms with Crippen molar-refractivity contribution in [2.45, 2.75) is 45.9 Å². The maximum absolute atomic E-state index is 13.1. The zero-order valence-electron chi connectivity index (χ0n) is 20.3. The van der Waals surface area contributed by atoms with Crippen LogP contribution >= 0.6 is 11.8 Å². The molecule has 2 N–H and O–H groups in total. The summed E-state index contributed by atoms with van der Waals surface area (Å²) < 4.78 is 49.7. The highest BCUT2D eigenvalue weighted by atomic mass is 32.2. The molecule has 2 heterocycles. The van der Waals surface area contributed by atoms with Gasteiger partial charge < -0.3 is 19.9 Å². The third-order valence-corrected chi connectivity index (χ3v) is 7.38. The minimum absolute atomic E-state index is 0.0129. The van der Waals surface area contributed by atoms with Crippen LogP contribution in [0.3, 0.4) is 0 Å². The molecule has 2 aliphatic heterocycles. The van der Waals surface area contributed by atoms with Crippen molar-refractivity contribution in [3.8, 4) is 5.75 Å². The van der Waals surface area contributed by atoms with Gasteiger partial charge in [-0.25, -0.2) is 4.79 Å². The van der Waals surface area contributed by atoms with Crippen molar-refractivity contribution in [3.63, 3.8) is 0 Å². The van der Waals surface area contributed by atoms with Gasteiger partial charge in [0.25, 0.3) is 0 Å². The summed E-state index contributed by atoms with van der Waals surface area (Å²) in [5.74, 6) is -2.44. The number of esters is 1. The molecule has 2 aliphatic rings. The number of fused-ring (bicyclic) bond motifs is 1. The minimum Gasteiger partial charge on any atom is -0.496 e. The third-order valence-electron chi connectivity index (χ3n) is 6.36. The van der Waals surface area contributed by atoms with Crippen molar-refractivity contribution in [2.24, 2.45) is 5.92 Å². The average Bonchev–Trinajstić information content (AvgIpc) is 3.46. The number of halogens is 3. The van der Waals surface area contributed by atoms with Gasteiger partial charge in [0.15, 0.2) is 0 Å². The van der Waals surface area contributed by atoms with Gasteiger partial charge in [0.05, 0.1) is 24.3 Å². The minimum atomic E-state index is -5.17. The topological polar surface area (TPSA) is 105 Å². The van der Waals surface area contributed by atoms with E-state index in [4.69, 9.17) is 9.47 Å². The number of rotatable bonds is 10. The number of anilines is 1. The molecule has 198 valence electrons. The number of carbonyl (C=O) groups excluding carboxylic acids is 2. The first-order valence-corrected chi connectivity index (χ1v) is 12.6. The number of hydrogen-bond donors (Lipinski definition) is 2. The van der Waals surface area contributed by atoms with Gasteiger partial charge in [0.2, 0.25) is 0 Å². The number of hydrogen-bond acceptors (Lipinski definition) is 7. The van der Waals surface area contributed by atoms with Crippen LogP contribution in [0.25, 0.3) is 0 Å². The highest BCUT2D eigenvalue weighted by Gasteiger charge is 2.41. The van der Waals surface area contributed by atoms with E-state index in [1.807, 2.05) is 5.32 Å². The zero-order chi connectivity index (χ0) is 26.6. The molecule has 1 aromatic carbocycles. The summed E-state index contributed by atoms with van der Waals surface area (Å²) in [7, 11) is 1.35. The molecular weight excluding hydrogens is 501 g/mol. The van der Waals surface area contributed by atoms with E-state index in [9.17, 15) is 32.7 Å². The van der Waals surface area contributed by atoms with Crippen LogP contribution < -0.4 is 10.1 Å². The summed E-state index contributed by atoms with van der Waals surface area (Å²) in [4.78, 5) is 38.2. The third kappa shape index (κ3) is 6.33. The summed E-state index contributed by atoms with van der Waals surface area (Å²) in [6, 6.07) is 0. The van der Waals surface area contributed by atoms with Crippen molar-refractivity contribution in [3.05, 3.63) is 33.9 Å². The van der Waals surface area contributed by atoms with E-state index < -0.39 is 29.9 Å². The number of benzene rings is 1. The van der Waals surface area contributed by atoms with E-state index in [0.29, 0.717) is 29.7 Å². The van der Waals surface area contributed by atoms with Crippen LogP contribution in [0, 0.1) is 12.8 Å². The van der Waals surface area contributed by atoms with E-state index in [2.05, 4.69) is 4.90 Å². The first kappa shape index (κ1) is 27.9. The van der Waals surface area contributed by atoms with Crippen LogP contribution in [0.2, 0.25) is 0 Å². The second-order valence-corrected chi connectivity index (χ2v) is 9.91. The molecule has 0 bridgehead atoms. The summed E-state index contributed by atoms with van der Waals surface area (Å²) in [5.41, 5.74) is 1.35. The predicted octanol–water partition coefficient (Wildman–Crippen LogP) is 4.15. The Morgan fingerprint density at radius 2 is 2.08 bits per heavy atom. The van der Waals surface area contributed by atoms with E-state index in [-0.39, 0.29) is 42.0 Å². The number of nitrogens with one attached hydrogen (secondary N) is 1. The maximum Gasteiger partial charge on any atom is 0.471 e. The number of nitrogens with zero attached hydrogens (tertiary/aromatic N) is 1. The Hall–Kier alpha value is -2.73. The molecule has 12 heteroatoms. The normalized spacial score (nSPS) is 17.1. The summed E-state index contributed by atoms with van der Waals surface area (Å²) in [6.07, 6.45) is -2.73. The zero-order valence-corrected chi connectivity index (χ0v) is 21.1. The summed E-state index contributed by atoms with van der Waals surface area (Å²) in [6.45, 7) is 4.86. The molecule has 1 saturated heterocycles. The number of carboxylic acids is 1. The van der Waals surface area contributed by atoms with Gasteiger partial charge in [-0.15, -0.1) is 11.8 Å². The van der Waals surface area contributed by atoms with E-state index in [0.717, 1.165) is 18.2 Å². The Kier molecular flexibility index (Phi) is 8.93. The predicted molar refractivity (Wildman–Crippen MR) is 128 cm³/mol. The van der Waals surface area contributed by atoms with E-state index in [1.54, 1.807) is 31.7 Å². The molecule has 3 rings (SSSR count). The van der Waals surface area contributed by atoms with Crippen molar-refractivity contribution >= 4 is 35.3 Å². The van der Waals surface area contributed by atoms with Crippen molar-refractivity contribution in [1.82, 2.24) is 4.90 Å². The first-order valence-electron chi connectivity index (χ1n) is 11.4. The number of carboxylic acid groups (broad SMARTS) is 1. The molecule has 1 unspecified atom stereocenters. The van der Waals surface area contributed by atoms with Crippen molar-refractivity contribution in [2.75, 3.05) is 37.1 Å². The molecule has 36 heavy (non-hydrogen) atoms. The molecule has 1 atom stereocenters. The molecule has 1 fully saturated rings. The maximum atomic E-state index is 13.1. The Morgan fingerprint density at radius 3 is 2.67 bits per heavy atom.